The normalized spacial score (nSPS) is 9.08. The molecule has 0 N–H and O–H groups in total. The van der Waals surface area contributed by atoms with Gasteiger partial charge in [-0.2, -0.15) is 0 Å². The first-order valence-electron chi connectivity index (χ1n) is 3.31. The molecule has 0 spiro atoms. The summed E-state index contributed by atoms with van der Waals surface area (Å²) >= 11 is 0. The molecule has 1 aromatic carbocycles. The van der Waals surface area contributed by atoms with Gasteiger partial charge in [0.05, 0.1) is 6.92 Å². The lowest BCUT2D eigenvalue weighted by Gasteiger charge is -1.99. The molecule has 0 saturated heterocycles. The second-order valence-corrected chi connectivity index (χ2v) is 2.16. The maximum absolute atomic E-state index is 10.4. The Balaban J connectivity index is 2.86. The minimum absolute atomic E-state index is 0.333. The minimum Gasteiger partial charge on any atom is -0.426 e. The van der Waals surface area contributed by atoms with Crippen molar-refractivity contribution in [3.8, 4) is 5.75 Å². The fourth-order valence-corrected chi connectivity index (χ4v) is 0.783. The standard InChI is InChI=1S/C9H7O3/c1-7(11)12-9-4-2-3-8(5-9)6-10/h2-6H,1H2. The number of esters is 1. The maximum Gasteiger partial charge on any atom is 0.311 e. The van der Waals surface area contributed by atoms with Crippen LogP contribution in [-0.4, -0.2) is 12.3 Å². The summed E-state index contributed by atoms with van der Waals surface area (Å²) in [6, 6.07) is 6.29. The summed E-state index contributed by atoms with van der Waals surface area (Å²) in [5.74, 6) is -0.308. The monoisotopic (exact) mass is 163 g/mol. The molecule has 0 saturated carbocycles. The van der Waals surface area contributed by atoms with Gasteiger partial charge in [-0.25, -0.2) is 0 Å². The van der Waals surface area contributed by atoms with Crippen molar-refractivity contribution in [2.24, 2.45) is 0 Å². The van der Waals surface area contributed by atoms with Crippen molar-refractivity contribution in [1.82, 2.24) is 0 Å². The van der Waals surface area contributed by atoms with E-state index in [1.165, 1.54) is 6.07 Å². The van der Waals surface area contributed by atoms with E-state index >= 15 is 0 Å². The van der Waals surface area contributed by atoms with Crippen LogP contribution < -0.4 is 4.74 Å². The van der Waals surface area contributed by atoms with Gasteiger partial charge in [0.15, 0.2) is 0 Å². The first-order valence-corrected chi connectivity index (χ1v) is 3.31. The predicted octanol–water partition coefficient (Wildman–Crippen LogP) is 1.24. The summed E-state index contributed by atoms with van der Waals surface area (Å²) in [6.07, 6.45) is 0.681. The molecule has 3 heteroatoms. The first-order chi connectivity index (χ1) is 5.72. The van der Waals surface area contributed by atoms with Gasteiger partial charge in [0.2, 0.25) is 0 Å². The summed E-state index contributed by atoms with van der Waals surface area (Å²) in [5, 5.41) is 0. The van der Waals surface area contributed by atoms with Gasteiger partial charge >= 0.3 is 5.97 Å². The lowest BCUT2D eigenvalue weighted by Crippen LogP contribution is -2.01. The molecule has 0 aliphatic heterocycles. The largest absolute Gasteiger partial charge is 0.426 e. The Morgan fingerprint density at radius 3 is 2.83 bits per heavy atom. The molecule has 0 aliphatic rings. The number of rotatable bonds is 2. The third-order valence-corrected chi connectivity index (χ3v) is 1.23. The van der Waals surface area contributed by atoms with Crippen molar-refractivity contribution in [3.05, 3.63) is 36.8 Å². The first kappa shape index (κ1) is 8.46. The van der Waals surface area contributed by atoms with Crippen molar-refractivity contribution >= 4 is 12.3 Å². The van der Waals surface area contributed by atoms with Gasteiger partial charge in [-0.3, -0.25) is 9.59 Å². The zero-order valence-electron chi connectivity index (χ0n) is 6.32. The van der Waals surface area contributed by atoms with Gasteiger partial charge in [0.25, 0.3) is 0 Å². The van der Waals surface area contributed by atoms with Crippen molar-refractivity contribution in [3.63, 3.8) is 0 Å². The highest BCUT2D eigenvalue weighted by Gasteiger charge is 1.97. The van der Waals surface area contributed by atoms with Crippen LogP contribution in [0.2, 0.25) is 0 Å². The summed E-state index contributed by atoms with van der Waals surface area (Å²) in [7, 11) is 0. The summed E-state index contributed by atoms with van der Waals surface area (Å²) in [5.41, 5.74) is 0.466. The number of ether oxygens (including phenoxy) is 1. The zero-order valence-corrected chi connectivity index (χ0v) is 6.32. The molecule has 0 heterocycles. The summed E-state index contributed by atoms with van der Waals surface area (Å²) < 4.78 is 4.65. The van der Waals surface area contributed by atoms with Crippen molar-refractivity contribution in [2.45, 2.75) is 0 Å². The SMILES string of the molecule is [CH2]C(=O)Oc1cccc(C=O)c1. The van der Waals surface area contributed by atoms with E-state index in [2.05, 4.69) is 11.7 Å². The topological polar surface area (TPSA) is 43.4 Å². The molecular weight excluding hydrogens is 156 g/mol. The van der Waals surface area contributed by atoms with E-state index in [0.29, 0.717) is 17.6 Å². The quantitative estimate of drug-likeness (QED) is 0.374. The Kier molecular flexibility index (Phi) is 2.58. The number of carbonyl (C=O) groups is 2. The highest BCUT2D eigenvalue weighted by Crippen LogP contribution is 2.11. The van der Waals surface area contributed by atoms with Gasteiger partial charge in [-0.1, -0.05) is 12.1 Å². The van der Waals surface area contributed by atoms with Crippen LogP contribution >= 0.6 is 0 Å². The Hall–Kier alpha value is -1.64. The van der Waals surface area contributed by atoms with Gasteiger partial charge in [0.1, 0.15) is 12.0 Å². The maximum atomic E-state index is 10.4. The smallest absolute Gasteiger partial charge is 0.311 e. The molecule has 0 atom stereocenters. The van der Waals surface area contributed by atoms with Crippen molar-refractivity contribution in [2.75, 3.05) is 0 Å². The number of hydrogen-bond donors (Lipinski definition) is 0. The highest BCUT2D eigenvalue weighted by atomic mass is 16.5. The molecule has 0 unspecified atom stereocenters. The molecule has 0 fully saturated rings. The average molecular weight is 163 g/mol. The summed E-state index contributed by atoms with van der Waals surface area (Å²) in [4.78, 5) is 20.7. The van der Waals surface area contributed by atoms with Crippen LogP contribution in [0.25, 0.3) is 0 Å². The van der Waals surface area contributed by atoms with Crippen LogP contribution in [0.15, 0.2) is 24.3 Å². The van der Waals surface area contributed by atoms with E-state index in [1.54, 1.807) is 18.2 Å². The molecule has 1 aromatic rings. The molecule has 1 radical (unpaired) electrons. The molecule has 0 aliphatic carbocycles. The second kappa shape index (κ2) is 3.67. The van der Waals surface area contributed by atoms with E-state index in [9.17, 15) is 9.59 Å². The Bertz CT molecular complexity index is 304. The molecule has 12 heavy (non-hydrogen) atoms. The minimum atomic E-state index is -0.641. The Morgan fingerprint density at radius 1 is 1.50 bits per heavy atom. The molecule has 1 rings (SSSR count). The van der Waals surface area contributed by atoms with Crippen LogP contribution in [0.1, 0.15) is 10.4 Å². The third-order valence-electron chi connectivity index (χ3n) is 1.23. The number of benzene rings is 1. The Labute approximate surface area is 70.0 Å². The molecule has 3 nitrogen and oxygen atoms in total. The number of aldehydes is 1. The number of carbonyl (C=O) groups excluding carboxylic acids is 2. The van der Waals surface area contributed by atoms with Crippen LogP contribution in [0.3, 0.4) is 0 Å². The molecular formula is C9H7O3. The van der Waals surface area contributed by atoms with E-state index in [1.807, 2.05) is 0 Å². The second-order valence-electron chi connectivity index (χ2n) is 2.16. The van der Waals surface area contributed by atoms with Gasteiger partial charge < -0.3 is 4.74 Å². The predicted molar refractivity (Wildman–Crippen MR) is 42.8 cm³/mol. The highest BCUT2D eigenvalue weighted by molar-refractivity contribution is 5.78. The average Bonchev–Trinajstić information content (AvgIpc) is 2.03. The fraction of sp³-hybridized carbons (Fsp3) is 0. The van der Waals surface area contributed by atoms with Crippen LogP contribution in [0.5, 0.6) is 5.75 Å². The molecule has 0 bridgehead atoms. The zero-order chi connectivity index (χ0) is 8.97. The van der Waals surface area contributed by atoms with Gasteiger partial charge in [-0.05, 0) is 12.1 Å². The van der Waals surface area contributed by atoms with Crippen LogP contribution in [-0.2, 0) is 4.79 Å². The summed E-state index contributed by atoms with van der Waals surface area (Å²) in [6.45, 7) is 3.04. The van der Waals surface area contributed by atoms with Gasteiger partial charge in [-0.15, -0.1) is 0 Å². The van der Waals surface area contributed by atoms with E-state index < -0.39 is 5.97 Å². The Morgan fingerprint density at radius 2 is 2.25 bits per heavy atom. The van der Waals surface area contributed by atoms with E-state index in [-0.39, 0.29) is 0 Å². The lowest BCUT2D eigenvalue weighted by atomic mass is 10.2. The molecule has 61 valence electrons. The lowest BCUT2D eigenvalue weighted by molar-refractivity contribution is -0.129. The number of hydrogen-bond acceptors (Lipinski definition) is 3. The van der Waals surface area contributed by atoms with Crippen molar-refractivity contribution < 1.29 is 14.3 Å². The van der Waals surface area contributed by atoms with Crippen molar-refractivity contribution in [1.29, 1.82) is 0 Å². The van der Waals surface area contributed by atoms with Crippen LogP contribution in [0, 0.1) is 6.92 Å². The third kappa shape index (κ3) is 2.20. The molecule has 0 amide bonds. The molecule has 0 aromatic heterocycles. The van der Waals surface area contributed by atoms with Crippen LogP contribution in [0.4, 0.5) is 0 Å². The fourth-order valence-electron chi connectivity index (χ4n) is 0.783. The van der Waals surface area contributed by atoms with Gasteiger partial charge in [0, 0.05) is 5.56 Å². The van der Waals surface area contributed by atoms with E-state index in [0.717, 1.165) is 0 Å². The van der Waals surface area contributed by atoms with E-state index in [4.69, 9.17) is 0 Å².